The number of hydrogen-bond donors (Lipinski definition) is 5. The fourth-order valence-electron chi connectivity index (χ4n) is 12.3. The molecule has 31 heteroatoms. The van der Waals surface area contributed by atoms with Gasteiger partial charge in [0.15, 0.2) is 0 Å². The number of aromatic nitrogens is 12. The lowest BCUT2D eigenvalue weighted by molar-refractivity contribution is -0.115. The van der Waals surface area contributed by atoms with Crippen LogP contribution in [0.2, 0.25) is 0 Å². The van der Waals surface area contributed by atoms with Gasteiger partial charge in [-0.3, -0.25) is 44.2 Å². The molecule has 5 N–H and O–H groups in total. The Morgan fingerprint density at radius 1 is 0.471 bits per heavy atom. The second-order valence-corrected chi connectivity index (χ2v) is 27.2. The number of hydrogen-bond acceptors (Lipinski definition) is 17. The summed E-state index contributed by atoms with van der Waals surface area (Å²) in [7, 11) is 8.53. The zero-order valence-electron chi connectivity index (χ0n) is 65.1. The highest BCUT2D eigenvalue weighted by atomic mass is 32.1. The maximum atomic E-state index is 14.5. The van der Waals surface area contributed by atoms with Crippen LogP contribution >= 0.6 is 11.3 Å². The van der Waals surface area contributed by atoms with Crippen molar-refractivity contribution < 1.29 is 73.7 Å². The number of aromatic amines is 3. The number of carbonyl (C=O) groups excluding carboxylic acids is 5. The number of amides is 2. The van der Waals surface area contributed by atoms with Crippen molar-refractivity contribution in [2.45, 2.75) is 13.0 Å². The topological polar surface area (TPSA) is 294 Å². The van der Waals surface area contributed by atoms with Gasteiger partial charge < -0.3 is 29.6 Å². The summed E-state index contributed by atoms with van der Waals surface area (Å²) >= 11 is 1.49. The molecule has 610 valence electrons. The number of nitrogens with zero attached hydrogens (tertiary/aromatic N) is 9. The highest BCUT2D eigenvalue weighted by molar-refractivity contribution is 7.10. The molecule has 23 nitrogen and oxygen atoms in total. The lowest BCUT2D eigenvalue weighted by atomic mass is 10.1. The lowest BCUT2D eigenvalue weighted by Gasteiger charge is -2.10. The predicted molar refractivity (Wildman–Crippen MR) is 451 cm³/mol. The highest BCUT2D eigenvalue weighted by Crippen LogP contribution is 2.31. The van der Waals surface area contributed by atoms with Crippen molar-refractivity contribution in [3.05, 3.63) is 331 Å². The zero-order valence-corrected chi connectivity index (χ0v) is 65.9. The molecule has 8 aromatic heterocycles. The third kappa shape index (κ3) is 20.8. The van der Waals surface area contributed by atoms with Crippen molar-refractivity contribution in [3.8, 4) is 5.75 Å². The number of pyridine rings is 2. The molecule has 0 atom stereocenters. The van der Waals surface area contributed by atoms with Crippen molar-refractivity contribution in [2.24, 2.45) is 14.1 Å². The number of fused-ring (bicyclic) bond motifs is 5. The van der Waals surface area contributed by atoms with Gasteiger partial charge in [-0.2, -0.15) is 25.5 Å². The molecule has 0 spiro atoms. The maximum Gasteiger partial charge on any atom is 0.340 e. The molecule has 0 aliphatic rings. The molecule has 0 saturated carbocycles. The van der Waals surface area contributed by atoms with E-state index in [4.69, 9.17) is 4.74 Å². The minimum atomic E-state index is -0.759. The van der Waals surface area contributed by atoms with E-state index in [1.54, 1.807) is 147 Å². The molecule has 0 bridgehead atoms. The second-order valence-electron chi connectivity index (χ2n) is 26.1. The Kier molecular flexibility index (Phi) is 27.6. The molecular formula is C90H71F7N14O9S. The van der Waals surface area contributed by atoms with Crippen molar-refractivity contribution in [1.82, 2.24) is 65.4 Å². The minimum absolute atomic E-state index is 0.00309. The number of methoxy groups -OCH3 is 4. The Hall–Kier alpha value is -15.5. The number of thiophene rings is 1. The van der Waals surface area contributed by atoms with Gasteiger partial charge in [0.05, 0.1) is 124 Å². The number of esters is 3. The monoisotopic (exact) mass is 1660 g/mol. The van der Waals surface area contributed by atoms with Gasteiger partial charge in [0.2, 0.25) is 5.91 Å². The van der Waals surface area contributed by atoms with Crippen LogP contribution in [0.4, 0.5) is 36.4 Å². The first-order valence-corrected chi connectivity index (χ1v) is 37.4. The predicted octanol–water partition coefficient (Wildman–Crippen LogP) is 18.5. The van der Waals surface area contributed by atoms with Gasteiger partial charge in [-0.05, 0) is 155 Å². The maximum absolute atomic E-state index is 14.5. The van der Waals surface area contributed by atoms with Gasteiger partial charge >= 0.3 is 17.9 Å². The average Bonchev–Trinajstić information content (AvgIpc) is 1.67. The smallest absolute Gasteiger partial charge is 0.340 e. The highest BCUT2D eigenvalue weighted by Gasteiger charge is 2.23. The number of nitrogens with one attached hydrogen (secondary N) is 5. The van der Waals surface area contributed by atoms with Crippen LogP contribution in [0.5, 0.6) is 5.75 Å². The Labute approximate surface area is 688 Å². The van der Waals surface area contributed by atoms with E-state index in [0.717, 1.165) is 21.4 Å². The Bertz CT molecular complexity index is 6640. The summed E-state index contributed by atoms with van der Waals surface area (Å²) in [6, 6.07) is 44.5. The van der Waals surface area contributed by atoms with Crippen molar-refractivity contribution in [3.63, 3.8) is 0 Å². The molecule has 0 aliphatic carbocycles. The molecule has 8 heterocycles. The molecular weight excluding hydrogens is 1590 g/mol. The van der Waals surface area contributed by atoms with Gasteiger partial charge in [0.25, 0.3) is 5.91 Å². The normalized spacial score (nSPS) is 11.1. The number of para-hydroxylation sites is 1. The first kappa shape index (κ1) is 84.9. The molecule has 121 heavy (non-hydrogen) atoms. The number of anilines is 1. The number of halogens is 7. The first-order valence-electron chi connectivity index (χ1n) is 36.5. The average molecular weight is 1660 g/mol. The summed E-state index contributed by atoms with van der Waals surface area (Å²) in [5.41, 5.74) is 9.13. The molecule has 0 aliphatic heterocycles. The number of aryl methyl sites for hydroxylation is 2. The van der Waals surface area contributed by atoms with Crippen LogP contribution in [0.15, 0.2) is 207 Å². The Morgan fingerprint density at radius 2 is 0.983 bits per heavy atom. The molecule has 0 radical (unpaired) electrons. The number of carbonyl (C=O) groups is 5. The van der Waals surface area contributed by atoms with Crippen LogP contribution in [0.3, 0.4) is 0 Å². The van der Waals surface area contributed by atoms with E-state index in [1.165, 1.54) is 111 Å². The van der Waals surface area contributed by atoms with Crippen molar-refractivity contribution in [1.29, 1.82) is 0 Å². The SMILES string of the molecule is C=Cc1nn(C)c2cc(F)c(C(=O)OC)cc12.COC(=O)c1cc2c(/C=C/c3cccnc3)nn(C)c2cc1F.COC(=O)c1ccc2[nH]nc(/C=C/c3cccc(F)c3)c2c1F.COc1ccccc1C(=O)NCc1cc2c(/C=C/c3cccc(F)c3)n[nH]c2cc1F.O=C(Cc1cccs1)Nc1cc2c(/C=C/c3cccnc3)n[nH]c2cc1F. The number of rotatable bonds is 19. The van der Waals surface area contributed by atoms with Crippen LogP contribution in [0.1, 0.15) is 103 Å². The fraction of sp³-hybridized carbons (Fsp3) is 0.0889. The molecule has 0 fully saturated rings. The summed E-state index contributed by atoms with van der Waals surface area (Å²) in [5.74, 6) is -5.98. The first-order chi connectivity index (χ1) is 58.5. The van der Waals surface area contributed by atoms with Gasteiger partial charge in [0.1, 0.15) is 46.5 Å². The summed E-state index contributed by atoms with van der Waals surface area (Å²) in [6.07, 6.45) is 22.6. The molecule has 8 aromatic carbocycles. The zero-order chi connectivity index (χ0) is 85.8. The van der Waals surface area contributed by atoms with Crippen molar-refractivity contribution in [2.75, 3.05) is 33.8 Å². The minimum Gasteiger partial charge on any atom is -0.496 e. The van der Waals surface area contributed by atoms with Crippen LogP contribution in [-0.4, -0.2) is 118 Å². The van der Waals surface area contributed by atoms with E-state index in [2.05, 4.69) is 82.2 Å². The van der Waals surface area contributed by atoms with Gasteiger partial charge in [-0.25, -0.2) is 45.1 Å². The van der Waals surface area contributed by atoms with Crippen LogP contribution in [0.25, 0.3) is 109 Å². The molecule has 16 rings (SSSR count). The lowest BCUT2D eigenvalue weighted by Crippen LogP contribution is -2.23. The van der Waals surface area contributed by atoms with Crippen LogP contribution in [0, 0.1) is 40.7 Å². The van der Waals surface area contributed by atoms with E-state index < -0.39 is 47.0 Å². The van der Waals surface area contributed by atoms with Gasteiger partial charge in [-0.15, -0.1) is 11.3 Å². The third-order valence-corrected chi connectivity index (χ3v) is 19.1. The summed E-state index contributed by atoms with van der Waals surface area (Å²) < 4.78 is 120. The molecule has 0 unspecified atom stereocenters. The largest absolute Gasteiger partial charge is 0.496 e. The van der Waals surface area contributed by atoms with E-state index >= 15 is 0 Å². The Morgan fingerprint density at radius 3 is 1.53 bits per heavy atom. The fourth-order valence-corrected chi connectivity index (χ4v) is 13.0. The summed E-state index contributed by atoms with van der Waals surface area (Å²) in [4.78, 5) is 68.3. The number of ether oxygens (including phenoxy) is 4. The molecule has 0 saturated heterocycles. The second kappa shape index (κ2) is 39.4. The van der Waals surface area contributed by atoms with E-state index in [0.29, 0.717) is 100 Å². The molecule has 2 amide bonds. The van der Waals surface area contributed by atoms with Crippen LogP contribution < -0.4 is 15.4 Å². The summed E-state index contributed by atoms with van der Waals surface area (Å²) in [6.45, 7) is 3.62. The van der Waals surface area contributed by atoms with Crippen LogP contribution in [-0.2, 0) is 46.1 Å². The summed E-state index contributed by atoms with van der Waals surface area (Å²) in [5, 5.41) is 39.5. The third-order valence-electron chi connectivity index (χ3n) is 18.3. The van der Waals surface area contributed by atoms with E-state index in [1.807, 2.05) is 60.0 Å². The van der Waals surface area contributed by atoms with Crippen molar-refractivity contribution >= 4 is 156 Å². The van der Waals surface area contributed by atoms with Gasteiger partial charge in [-0.1, -0.05) is 85.5 Å². The Balaban J connectivity index is 0.000000140. The quantitative estimate of drug-likeness (QED) is 0.0286. The number of benzene rings is 8. The van der Waals surface area contributed by atoms with E-state index in [-0.39, 0.29) is 64.2 Å². The number of H-pyrrole nitrogens is 3. The standard InChI is InChI=1S/C24H19F2N3O2.C20H15FN4OS.C17H12F2N2O2.C17H14FN3O2.C12H11FN2O2/c1-31-23-8-3-2-7-18(23)24(30)27-14-16-12-19-21(28-29-22(19)13-20(16)26)10-9-15-5-4-6-17(25)11-15;21-16-11-18-15(10-19(16)23-20(26)9-14-4-2-8-27-14)17(24-25-18)6-5-13-3-1-7-22-12-13;1-23-17(22)12-6-8-14-15(16(12)19)13(20-21-14)7-5-10-3-2-4-11(18)9-10;1-21-16-9-14(18)12(17(22)23-2)8-13(16)15(20-21)6-5-11-4-3-7-19-10-11;1-4-10-8-5-7(12(16)17-3)9(13)6-11(8)15(2)14-10/h2-13H,14H2,1H3,(H,27,30)(H,28,29);1-8,10-12H,9H2,(H,23,26)(H,24,25);2-9H,1H3,(H,20,21);3-10H,1-2H3;4-6H,1H2,2-3H3/b10-9+;6-5+;7-5+;6-5+;. The van der Waals surface area contributed by atoms with Gasteiger partial charge in [0, 0.05) is 95.6 Å². The molecule has 16 aromatic rings. The van der Waals surface area contributed by atoms with E-state index in [9.17, 15) is 54.7 Å².